The molecule has 24 heavy (non-hydrogen) atoms. The highest BCUT2D eigenvalue weighted by molar-refractivity contribution is 9.10. The fourth-order valence-electron chi connectivity index (χ4n) is 3.47. The van der Waals surface area contributed by atoms with E-state index in [1.165, 1.54) is 0 Å². The summed E-state index contributed by atoms with van der Waals surface area (Å²) in [4.78, 5) is 26.0. The first-order chi connectivity index (χ1) is 11.3. The first kappa shape index (κ1) is 17.3. The Bertz CT molecular complexity index is 656. The molecule has 1 saturated heterocycles. The van der Waals surface area contributed by atoms with Crippen molar-refractivity contribution in [2.24, 2.45) is 17.8 Å². The first-order valence-corrected chi connectivity index (χ1v) is 9.13. The number of hydrogen-bond donors (Lipinski definition) is 1. The summed E-state index contributed by atoms with van der Waals surface area (Å²) in [6.45, 7) is 4.69. The smallest absolute Gasteiger partial charge is 0.308 e. The minimum absolute atomic E-state index is 0.0182. The van der Waals surface area contributed by atoms with Crippen LogP contribution >= 0.6 is 15.9 Å². The predicted octanol–water partition coefficient (Wildman–Crippen LogP) is 3.42. The van der Waals surface area contributed by atoms with Gasteiger partial charge in [-0.1, -0.05) is 15.9 Å². The van der Waals surface area contributed by atoms with Crippen LogP contribution in [0.1, 0.15) is 37.0 Å². The van der Waals surface area contributed by atoms with E-state index in [0.29, 0.717) is 30.3 Å². The molecule has 1 aromatic carbocycles. The number of amides is 1. The number of aliphatic carboxylic acids is 1. The lowest BCUT2D eigenvalue weighted by molar-refractivity contribution is -0.142. The highest BCUT2D eigenvalue weighted by Crippen LogP contribution is 2.44. The lowest BCUT2D eigenvalue weighted by Gasteiger charge is -2.18. The van der Waals surface area contributed by atoms with Gasteiger partial charge in [0.05, 0.1) is 12.0 Å². The van der Waals surface area contributed by atoms with E-state index in [-0.39, 0.29) is 17.9 Å². The Morgan fingerprint density at radius 1 is 1.25 bits per heavy atom. The molecular formula is C18H22BrNO4. The van der Waals surface area contributed by atoms with Crippen molar-refractivity contribution in [3.63, 3.8) is 0 Å². The third kappa shape index (κ3) is 3.74. The second-order valence-electron chi connectivity index (χ2n) is 7.00. The molecule has 5 nitrogen and oxygen atoms in total. The molecule has 1 aromatic rings. The van der Waals surface area contributed by atoms with Crippen LogP contribution in [-0.4, -0.2) is 41.1 Å². The van der Waals surface area contributed by atoms with Gasteiger partial charge in [0.25, 0.3) is 5.91 Å². The average molecular weight is 396 g/mol. The molecule has 0 aromatic heterocycles. The number of carboxylic acids is 1. The van der Waals surface area contributed by atoms with Gasteiger partial charge in [-0.05, 0) is 56.7 Å². The number of carbonyl (C=O) groups is 2. The molecule has 1 saturated carbocycles. The quantitative estimate of drug-likeness (QED) is 0.829. The number of halogens is 1. The summed E-state index contributed by atoms with van der Waals surface area (Å²) in [5, 5.41) is 9.45. The summed E-state index contributed by atoms with van der Waals surface area (Å²) < 4.78 is 6.46. The van der Waals surface area contributed by atoms with E-state index < -0.39 is 11.9 Å². The molecule has 2 aliphatic rings. The van der Waals surface area contributed by atoms with E-state index in [4.69, 9.17) is 4.74 Å². The molecule has 0 unspecified atom stereocenters. The average Bonchev–Trinajstić information content (AvgIpc) is 3.23. The number of benzene rings is 1. The SMILES string of the molecule is CC(C)Oc1cc(Br)cc(C(=O)N2C[C@H](C(=O)O)[C@@H](C3CC3)C2)c1. The normalized spacial score (nSPS) is 23.6. The van der Waals surface area contributed by atoms with Gasteiger partial charge in [0.1, 0.15) is 5.75 Å². The minimum atomic E-state index is -0.791. The monoisotopic (exact) mass is 395 g/mol. The molecule has 2 atom stereocenters. The maximum atomic E-state index is 12.9. The summed E-state index contributed by atoms with van der Waals surface area (Å²) in [5.74, 6) is -0.175. The molecular weight excluding hydrogens is 374 g/mol. The van der Waals surface area contributed by atoms with Gasteiger partial charge in [-0.3, -0.25) is 9.59 Å². The summed E-state index contributed by atoms with van der Waals surface area (Å²) in [5.41, 5.74) is 0.528. The van der Waals surface area contributed by atoms with Gasteiger partial charge in [0.2, 0.25) is 0 Å². The molecule has 1 aliphatic heterocycles. The van der Waals surface area contributed by atoms with Crippen molar-refractivity contribution < 1.29 is 19.4 Å². The Labute approximate surface area is 150 Å². The zero-order valence-electron chi connectivity index (χ0n) is 13.9. The lowest BCUT2D eigenvalue weighted by atomic mass is 9.92. The number of carbonyl (C=O) groups excluding carboxylic acids is 1. The maximum absolute atomic E-state index is 12.9. The van der Waals surface area contributed by atoms with Crippen molar-refractivity contribution in [1.82, 2.24) is 4.90 Å². The van der Waals surface area contributed by atoms with E-state index in [1.54, 1.807) is 17.0 Å². The summed E-state index contributed by atoms with van der Waals surface area (Å²) in [7, 11) is 0. The van der Waals surface area contributed by atoms with Crippen LogP contribution < -0.4 is 4.74 Å². The van der Waals surface area contributed by atoms with Gasteiger partial charge in [-0.2, -0.15) is 0 Å². The fourth-order valence-corrected chi connectivity index (χ4v) is 3.94. The number of carboxylic acid groups (broad SMARTS) is 1. The standard InChI is InChI=1S/C18H22BrNO4/c1-10(2)24-14-6-12(5-13(19)7-14)17(21)20-8-15(11-3-4-11)16(9-20)18(22)23/h5-7,10-11,15-16H,3-4,8-9H2,1-2H3,(H,22,23)/t15-,16+/m1/s1. The lowest BCUT2D eigenvalue weighted by Crippen LogP contribution is -2.30. The van der Waals surface area contributed by atoms with Crippen LogP contribution in [0.25, 0.3) is 0 Å². The largest absolute Gasteiger partial charge is 0.491 e. The molecule has 2 fully saturated rings. The Morgan fingerprint density at radius 3 is 2.54 bits per heavy atom. The van der Waals surface area contributed by atoms with Gasteiger partial charge >= 0.3 is 5.97 Å². The van der Waals surface area contributed by atoms with Crippen LogP contribution in [0.4, 0.5) is 0 Å². The fraction of sp³-hybridized carbons (Fsp3) is 0.556. The summed E-state index contributed by atoms with van der Waals surface area (Å²) in [6, 6.07) is 5.32. The molecule has 6 heteroatoms. The zero-order chi connectivity index (χ0) is 17.4. The summed E-state index contributed by atoms with van der Waals surface area (Å²) >= 11 is 3.42. The topological polar surface area (TPSA) is 66.8 Å². The van der Waals surface area contributed by atoms with Crippen LogP contribution in [0, 0.1) is 17.8 Å². The molecule has 0 radical (unpaired) electrons. The van der Waals surface area contributed by atoms with Crippen molar-refractivity contribution in [2.75, 3.05) is 13.1 Å². The molecule has 130 valence electrons. The van der Waals surface area contributed by atoms with Crippen molar-refractivity contribution in [3.8, 4) is 5.75 Å². The van der Waals surface area contributed by atoms with E-state index in [0.717, 1.165) is 17.3 Å². The molecule has 0 bridgehead atoms. The van der Waals surface area contributed by atoms with E-state index in [2.05, 4.69) is 15.9 Å². The molecule has 0 spiro atoms. The number of nitrogens with zero attached hydrogens (tertiary/aromatic N) is 1. The second-order valence-corrected chi connectivity index (χ2v) is 7.91. The highest BCUT2D eigenvalue weighted by atomic mass is 79.9. The number of rotatable bonds is 5. The Kier molecular flexibility index (Phi) is 4.85. The van der Waals surface area contributed by atoms with Gasteiger partial charge in [-0.15, -0.1) is 0 Å². The molecule has 1 aliphatic carbocycles. The third-order valence-corrected chi connectivity index (χ3v) is 5.14. The number of likely N-dealkylation sites (tertiary alicyclic amines) is 1. The van der Waals surface area contributed by atoms with Crippen LogP contribution in [0.3, 0.4) is 0 Å². The van der Waals surface area contributed by atoms with Crippen LogP contribution in [0.15, 0.2) is 22.7 Å². The third-order valence-electron chi connectivity index (χ3n) is 4.69. The minimum Gasteiger partial charge on any atom is -0.491 e. The van der Waals surface area contributed by atoms with Crippen molar-refractivity contribution in [3.05, 3.63) is 28.2 Å². The van der Waals surface area contributed by atoms with E-state index >= 15 is 0 Å². The Balaban J connectivity index is 1.79. The van der Waals surface area contributed by atoms with Crippen molar-refractivity contribution in [2.45, 2.75) is 32.8 Å². The molecule has 1 amide bonds. The molecule has 3 rings (SSSR count). The van der Waals surface area contributed by atoms with Crippen LogP contribution in [0.5, 0.6) is 5.75 Å². The second kappa shape index (κ2) is 6.75. The van der Waals surface area contributed by atoms with E-state index in [1.807, 2.05) is 19.9 Å². The highest BCUT2D eigenvalue weighted by Gasteiger charge is 2.46. The zero-order valence-corrected chi connectivity index (χ0v) is 15.5. The predicted molar refractivity (Wildman–Crippen MR) is 93.1 cm³/mol. The molecule has 1 heterocycles. The van der Waals surface area contributed by atoms with Gasteiger partial charge in [0.15, 0.2) is 0 Å². The Morgan fingerprint density at radius 2 is 1.96 bits per heavy atom. The van der Waals surface area contributed by atoms with Crippen LogP contribution in [0.2, 0.25) is 0 Å². The molecule has 1 N–H and O–H groups in total. The van der Waals surface area contributed by atoms with Gasteiger partial charge in [-0.25, -0.2) is 0 Å². The van der Waals surface area contributed by atoms with Crippen LogP contribution in [-0.2, 0) is 4.79 Å². The van der Waals surface area contributed by atoms with E-state index in [9.17, 15) is 14.7 Å². The van der Waals surface area contributed by atoms with Crippen molar-refractivity contribution in [1.29, 1.82) is 0 Å². The van der Waals surface area contributed by atoms with Gasteiger partial charge < -0.3 is 14.7 Å². The number of hydrogen-bond acceptors (Lipinski definition) is 3. The van der Waals surface area contributed by atoms with Crippen molar-refractivity contribution >= 4 is 27.8 Å². The summed E-state index contributed by atoms with van der Waals surface area (Å²) in [6.07, 6.45) is 2.18. The van der Waals surface area contributed by atoms with Gasteiger partial charge in [0, 0.05) is 23.1 Å². The maximum Gasteiger partial charge on any atom is 0.308 e. The number of ether oxygens (including phenoxy) is 1. The first-order valence-electron chi connectivity index (χ1n) is 8.34. The Hall–Kier alpha value is -1.56.